The molecule has 3 heterocycles. The number of fused-ring (bicyclic) bond motifs is 1. The number of carbonyl (C=O) groups is 2. The van der Waals surface area contributed by atoms with E-state index in [2.05, 4.69) is 16.8 Å². The molecule has 0 radical (unpaired) electrons. The van der Waals surface area contributed by atoms with E-state index in [0.717, 1.165) is 43.9 Å². The van der Waals surface area contributed by atoms with E-state index < -0.39 is 0 Å². The predicted octanol–water partition coefficient (Wildman–Crippen LogP) is 0.801. The molecule has 114 valence electrons. The number of likely N-dealkylation sites (N-methyl/N-ethyl adjacent to an activating group) is 1. The molecule has 0 saturated carbocycles. The lowest BCUT2D eigenvalue weighted by atomic mass is 10.0. The third kappa shape index (κ3) is 2.37. The molecular weight excluding hydrogens is 268 g/mol. The fraction of sp³-hybridized carbons (Fsp3) is 0.667. The number of aryl methyl sites for hydroxylation is 1. The summed E-state index contributed by atoms with van der Waals surface area (Å²) < 4.78 is 2.13. The average molecular weight is 290 g/mol. The van der Waals surface area contributed by atoms with E-state index in [9.17, 15) is 9.59 Å². The van der Waals surface area contributed by atoms with Crippen LogP contribution in [0.3, 0.4) is 0 Å². The third-order valence-electron chi connectivity index (χ3n) is 4.40. The molecule has 6 heteroatoms. The highest BCUT2D eigenvalue weighted by atomic mass is 16.2. The summed E-state index contributed by atoms with van der Waals surface area (Å²) in [5.41, 5.74) is 2.25. The van der Waals surface area contributed by atoms with Gasteiger partial charge >= 0.3 is 0 Å². The summed E-state index contributed by atoms with van der Waals surface area (Å²) in [7, 11) is 1.58. The summed E-state index contributed by atoms with van der Waals surface area (Å²) in [6.45, 7) is 3.81. The first-order valence-corrected chi connectivity index (χ1v) is 7.73. The molecule has 1 atom stereocenters. The van der Waals surface area contributed by atoms with Crippen LogP contribution in [0.1, 0.15) is 49.4 Å². The van der Waals surface area contributed by atoms with E-state index in [0.29, 0.717) is 12.8 Å². The second-order valence-corrected chi connectivity index (χ2v) is 5.81. The normalized spacial score (nSPS) is 22.6. The van der Waals surface area contributed by atoms with Gasteiger partial charge in [-0.2, -0.15) is 0 Å². The number of piperidine rings is 1. The zero-order valence-corrected chi connectivity index (χ0v) is 12.7. The molecule has 1 unspecified atom stereocenters. The van der Waals surface area contributed by atoms with E-state index in [1.54, 1.807) is 7.05 Å². The summed E-state index contributed by atoms with van der Waals surface area (Å²) in [5.74, 6) is 0.818. The van der Waals surface area contributed by atoms with Crippen LogP contribution in [0.2, 0.25) is 0 Å². The topological polar surface area (TPSA) is 67.2 Å². The van der Waals surface area contributed by atoms with Crippen molar-refractivity contribution in [2.24, 2.45) is 0 Å². The fourth-order valence-corrected chi connectivity index (χ4v) is 3.29. The number of hydrogen-bond donors (Lipinski definition) is 1. The molecule has 0 spiro atoms. The van der Waals surface area contributed by atoms with Crippen molar-refractivity contribution in [1.29, 1.82) is 0 Å². The molecule has 2 amide bonds. The molecule has 0 aliphatic carbocycles. The first-order valence-electron chi connectivity index (χ1n) is 7.73. The van der Waals surface area contributed by atoms with E-state index in [1.807, 2.05) is 0 Å². The molecule has 6 nitrogen and oxygen atoms in total. The second-order valence-electron chi connectivity index (χ2n) is 5.81. The zero-order valence-electron chi connectivity index (χ0n) is 12.7. The predicted molar refractivity (Wildman–Crippen MR) is 77.7 cm³/mol. The van der Waals surface area contributed by atoms with Crippen LogP contribution in [0.5, 0.6) is 0 Å². The van der Waals surface area contributed by atoms with Crippen molar-refractivity contribution >= 4 is 11.8 Å². The molecule has 1 aromatic rings. The average Bonchev–Trinajstić information content (AvgIpc) is 2.84. The van der Waals surface area contributed by atoms with Gasteiger partial charge in [0.1, 0.15) is 11.9 Å². The Kier molecular flexibility index (Phi) is 3.80. The van der Waals surface area contributed by atoms with Crippen molar-refractivity contribution < 1.29 is 9.59 Å². The third-order valence-corrected chi connectivity index (χ3v) is 4.40. The number of nitrogens with zero attached hydrogens (tertiary/aromatic N) is 3. The Morgan fingerprint density at radius 1 is 1.33 bits per heavy atom. The van der Waals surface area contributed by atoms with Gasteiger partial charge in [0.15, 0.2) is 0 Å². The maximum absolute atomic E-state index is 12.5. The van der Waals surface area contributed by atoms with E-state index in [1.165, 1.54) is 10.6 Å². The smallest absolute Gasteiger partial charge is 0.252 e. The number of likely N-dealkylation sites (tertiary alicyclic amines) is 1. The van der Waals surface area contributed by atoms with Crippen LogP contribution in [0, 0.1) is 0 Å². The number of hydrogen-bond acceptors (Lipinski definition) is 4. The molecule has 0 bridgehead atoms. The molecular formula is C15H22N4O2. The van der Waals surface area contributed by atoms with Gasteiger partial charge in [0.2, 0.25) is 5.91 Å². The minimum atomic E-state index is -0.261. The molecule has 1 fully saturated rings. The standard InChI is InChI=1S/C15H22N4O2/c1-3-4-13-17-10-9-16-8-7-11(10)19(13)12-5-6-14(20)18(2)15(12)21/h12,16H,3-9H2,1-2H3. The van der Waals surface area contributed by atoms with E-state index >= 15 is 0 Å². The number of aromatic nitrogens is 2. The Balaban J connectivity index is 2.02. The number of imidazole rings is 1. The van der Waals surface area contributed by atoms with E-state index in [-0.39, 0.29) is 17.9 Å². The SMILES string of the molecule is CCCc1nc2c(n1C1CCC(=O)N(C)C1=O)CCNC2. The minimum absolute atomic E-state index is 0.0797. The lowest BCUT2D eigenvalue weighted by Gasteiger charge is -2.31. The second kappa shape index (κ2) is 5.60. The number of imide groups is 1. The Hall–Kier alpha value is -1.69. The van der Waals surface area contributed by atoms with Crippen LogP contribution in [-0.2, 0) is 29.0 Å². The molecule has 0 aromatic carbocycles. The van der Waals surface area contributed by atoms with Gasteiger partial charge in [-0.25, -0.2) is 4.98 Å². The number of amides is 2. The van der Waals surface area contributed by atoms with Crippen LogP contribution in [0.15, 0.2) is 0 Å². The largest absolute Gasteiger partial charge is 0.319 e. The summed E-state index contributed by atoms with van der Waals surface area (Å²) in [4.78, 5) is 30.2. The number of carbonyl (C=O) groups excluding carboxylic acids is 2. The van der Waals surface area contributed by atoms with Crippen molar-refractivity contribution in [3.8, 4) is 0 Å². The van der Waals surface area contributed by atoms with Crippen LogP contribution in [0.25, 0.3) is 0 Å². The van der Waals surface area contributed by atoms with Gasteiger partial charge in [0.05, 0.1) is 5.69 Å². The molecule has 2 aliphatic heterocycles. The zero-order chi connectivity index (χ0) is 15.0. The Morgan fingerprint density at radius 3 is 2.90 bits per heavy atom. The molecule has 1 aromatic heterocycles. The summed E-state index contributed by atoms with van der Waals surface area (Å²) in [5, 5.41) is 3.33. The van der Waals surface area contributed by atoms with Crippen molar-refractivity contribution in [3.63, 3.8) is 0 Å². The number of rotatable bonds is 3. The molecule has 3 rings (SSSR count). The summed E-state index contributed by atoms with van der Waals surface area (Å²) >= 11 is 0. The molecule has 21 heavy (non-hydrogen) atoms. The lowest BCUT2D eigenvalue weighted by Crippen LogP contribution is -2.44. The monoisotopic (exact) mass is 290 g/mol. The van der Waals surface area contributed by atoms with Crippen molar-refractivity contribution in [1.82, 2.24) is 19.8 Å². The van der Waals surface area contributed by atoms with Gasteiger partial charge in [-0.15, -0.1) is 0 Å². The molecule has 1 saturated heterocycles. The Morgan fingerprint density at radius 2 is 2.14 bits per heavy atom. The van der Waals surface area contributed by atoms with Gasteiger partial charge in [0.25, 0.3) is 5.91 Å². The maximum atomic E-state index is 12.5. The quantitative estimate of drug-likeness (QED) is 0.836. The fourth-order valence-electron chi connectivity index (χ4n) is 3.29. The maximum Gasteiger partial charge on any atom is 0.252 e. The van der Waals surface area contributed by atoms with Crippen molar-refractivity contribution in [3.05, 3.63) is 17.2 Å². The van der Waals surface area contributed by atoms with Gasteiger partial charge < -0.3 is 9.88 Å². The highest BCUT2D eigenvalue weighted by Gasteiger charge is 2.36. The van der Waals surface area contributed by atoms with Crippen LogP contribution >= 0.6 is 0 Å². The molecule has 1 N–H and O–H groups in total. The van der Waals surface area contributed by atoms with Crippen LogP contribution < -0.4 is 5.32 Å². The van der Waals surface area contributed by atoms with Gasteiger partial charge in [-0.3, -0.25) is 14.5 Å². The Bertz CT molecular complexity index is 578. The van der Waals surface area contributed by atoms with Crippen molar-refractivity contribution in [2.75, 3.05) is 13.6 Å². The summed E-state index contributed by atoms with van der Waals surface area (Å²) in [6, 6.07) is -0.261. The minimum Gasteiger partial charge on any atom is -0.319 e. The number of nitrogens with one attached hydrogen (secondary N) is 1. The van der Waals surface area contributed by atoms with Gasteiger partial charge in [-0.05, 0) is 12.8 Å². The first kappa shape index (κ1) is 14.3. The van der Waals surface area contributed by atoms with Gasteiger partial charge in [-0.1, -0.05) is 6.92 Å². The first-order chi connectivity index (χ1) is 10.1. The van der Waals surface area contributed by atoms with Crippen molar-refractivity contribution in [2.45, 2.75) is 51.6 Å². The summed E-state index contributed by atoms with van der Waals surface area (Å²) in [6.07, 6.45) is 3.79. The van der Waals surface area contributed by atoms with E-state index in [4.69, 9.17) is 4.98 Å². The highest BCUT2D eigenvalue weighted by Crippen LogP contribution is 2.29. The molecule has 2 aliphatic rings. The van der Waals surface area contributed by atoms with Crippen LogP contribution in [-0.4, -0.2) is 39.9 Å². The Labute approximate surface area is 124 Å². The highest BCUT2D eigenvalue weighted by molar-refractivity contribution is 5.99. The van der Waals surface area contributed by atoms with Crippen LogP contribution in [0.4, 0.5) is 0 Å². The van der Waals surface area contributed by atoms with Gasteiger partial charge in [0, 0.05) is 45.1 Å². The lowest BCUT2D eigenvalue weighted by molar-refractivity contribution is -0.149.